The summed E-state index contributed by atoms with van der Waals surface area (Å²) in [4.78, 5) is 22.4. The number of nitrogens with zero attached hydrogens (tertiary/aromatic N) is 1. The maximum absolute atomic E-state index is 11.8. The van der Waals surface area contributed by atoms with Crippen molar-refractivity contribution in [1.29, 1.82) is 0 Å². The molecule has 1 amide bonds. The average Bonchev–Trinajstić information content (AvgIpc) is 2.76. The molecule has 6 nitrogen and oxygen atoms in total. The number of benzene rings is 1. The van der Waals surface area contributed by atoms with Crippen LogP contribution < -0.4 is 5.32 Å². The Kier molecular flexibility index (Phi) is 3.79. The molecule has 0 aliphatic carbocycles. The number of hydrogen-bond donors (Lipinski definition) is 3. The molecule has 19 heavy (non-hydrogen) atoms. The van der Waals surface area contributed by atoms with Gasteiger partial charge in [0.1, 0.15) is 0 Å². The topological polar surface area (TPSA) is 95.1 Å². The van der Waals surface area contributed by atoms with E-state index in [-0.39, 0.29) is 24.7 Å². The van der Waals surface area contributed by atoms with Crippen LogP contribution in [0.3, 0.4) is 0 Å². The minimum atomic E-state index is -0.891. The van der Waals surface area contributed by atoms with E-state index in [0.717, 1.165) is 10.9 Å². The Morgan fingerprint density at radius 1 is 1.42 bits per heavy atom. The van der Waals surface area contributed by atoms with Gasteiger partial charge in [-0.2, -0.15) is 5.10 Å². The Morgan fingerprint density at radius 3 is 2.95 bits per heavy atom. The largest absolute Gasteiger partial charge is 0.481 e. The number of carbonyl (C=O) groups excluding carboxylic acids is 1. The van der Waals surface area contributed by atoms with Crippen molar-refractivity contribution < 1.29 is 14.7 Å². The van der Waals surface area contributed by atoms with Crippen LogP contribution in [0, 0.1) is 5.92 Å². The van der Waals surface area contributed by atoms with Crippen LogP contribution in [0.5, 0.6) is 0 Å². The van der Waals surface area contributed by atoms with Crippen molar-refractivity contribution in [3.8, 4) is 0 Å². The van der Waals surface area contributed by atoms with Crippen molar-refractivity contribution in [3.05, 3.63) is 24.4 Å². The Morgan fingerprint density at radius 2 is 2.21 bits per heavy atom. The predicted molar refractivity (Wildman–Crippen MR) is 70.8 cm³/mol. The standard InChI is InChI=1S/C13H15N3O3/c1-8(6-13(18)19)5-12(17)15-10-3-2-4-11-9(10)7-14-16-11/h2-4,7-8H,5-6H2,1H3,(H,14,16)(H,15,17)(H,18,19). The quantitative estimate of drug-likeness (QED) is 0.767. The van der Waals surface area contributed by atoms with Gasteiger partial charge in [0.25, 0.3) is 0 Å². The molecule has 0 radical (unpaired) electrons. The number of aliphatic carboxylic acids is 1. The lowest BCUT2D eigenvalue weighted by Crippen LogP contribution is -2.17. The second-order valence-corrected chi connectivity index (χ2v) is 4.59. The summed E-state index contributed by atoms with van der Waals surface area (Å²) in [6.07, 6.45) is 1.81. The van der Waals surface area contributed by atoms with Gasteiger partial charge in [-0.25, -0.2) is 0 Å². The normalized spacial score (nSPS) is 12.3. The van der Waals surface area contributed by atoms with Crippen LogP contribution in [0.15, 0.2) is 24.4 Å². The van der Waals surface area contributed by atoms with Crippen molar-refractivity contribution in [3.63, 3.8) is 0 Å². The number of nitrogens with one attached hydrogen (secondary N) is 2. The molecule has 1 aromatic carbocycles. The van der Waals surface area contributed by atoms with Gasteiger partial charge in [0.05, 0.1) is 17.4 Å². The van der Waals surface area contributed by atoms with E-state index >= 15 is 0 Å². The molecule has 0 saturated heterocycles. The maximum atomic E-state index is 11.8. The van der Waals surface area contributed by atoms with Crippen molar-refractivity contribution in [2.24, 2.45) is 5.92 Å². The molecule has 3 N–H and O–H groups in total. The van der Waals surface area contributed by atoms with Crippen molar-refractivity contribution >= 4 is 28.5 Å². The lowest BCUT2D eigenvalue weighted by Gasteiger charge is -2.10. The lowest BCUT2D eigenvalue weighted by molar-refractivity contribution is -0.138. The maximum Gasteiger partial charge on any atom is 0.303 e. The second kappa shape index (κ2) is 5.51. The van der Waals surface area contributed by atoms with Crippen LogP contribution in [0.4, 0.5) is 5.69 Å². The summed E-state index contributed by atoms with van der Waals surface area (Å²) in [7, 11) is 0. The second-order valence-electron chi connectivity index (χ2n) is 4.59. The van der Waals surface area contributed by atoms with E-state index in [4.69, 9.17) is 5.11 Å². The zero-order valence-electron chi connectivity index (χ0n) is 10.5. The summed E-state index contributed by atoms with van der Waals surface area (Å²) >= 11 is 0. The molecule has 0 aliphatic rings. The van der Waals surface area contributed by atoms with Crippen LogP contribution in [0.2, 0.25) is 0 Å². The van der Waals surface area contributed by atoms with Crippen LogP contribution in [-0.2, 0) is 9.59 Å². The first-order valence-electron chi connectivity index (χ1n) is 6.00. The third-order valence-electron chi connectivity index (χ3n) is 2.82. The first kappa shape index (κ1) is 13.1. The van der Waals surface area contributed by atoms with Gasteiger partial charge in [0.2, 0.25) is 5.91 Å². The summed E-state index contributed by atoms with van der Waals surface area (Å²) in [5, 5.41) is 19.0. The fourth-order valence-corrected chi connectivity index (χ4v) is 1.97. The number of fused-ring (bicyclic) bond motifs is 1. The van der Waals surface area contributed by atoms with Crippen molar-refractivity contribution in [2.45, 2.75) is 19.8 Å². The average molecular weight is 261 g/mol. The zero-order valence-corrected chi connectivity index (χ0v) is 10.5. The zero-order chi connectivity index (χ0) is 13.8. The number of amides is 1. The molecule has 6 heteroatoms. The smallest absolute Gasteiger partial charge is 0.303 e. The number of aromatic nitrogens is 2. The number of rotatable bonds is 5. The SMILES string of the molecule is CC(CC(=O)O)CC(=O)Nc1cccc2[nH]ncc12. The lowest BCUT2D eigenvalue weighted by atomic mass is 10.0. The van der Waals surface area contributed by atoms with Gasteiger partial charge in [-0.3, -0.25) is 14.7 Å². The number of carboxylic acids is 1. The Hall–Kier alpha value is -2.37. The van der Waals surface area contributed by atoms with Gasteiger partial charge in [-0.15, -0.1) is 0 Å². The molecule has 2 rings (SSSR count). The molecule has 1 aromatic heterocycles. The highest BCUT2D eigenvalue weighted by molar-refractivity contribution is 6.00. The van der Waals surface area contributed by atoms with Gasteiger partial charge in [-0.05, 0) is 18.1 Å². The predicted octanol–water partition coefficient (Wildman–Crippen LogP) is 2.00. The number of aromatic amines is 1. The number of carbonyl (C=O) groups is 2. The van der Waals surface area contributed by atoms with Gasteiger partial charge in [0.15, 0.2) is 0 Å². The van der Waals surface area contributed by atoms with Crippen LogP contribution in [0.1, 0.15) is 19.8 Å². The van der Waals surface area contributed by atoms with Crippen LogP contribution in [0.25, 0.3) is 10.9 Å². The van der Waals surface area contributed by atoms with Gasteiger partial charge in [0, 0.05) is 18.2 Å². The van der Waals surface area contributed by atoms with Crippen LogP contribution in [-0.4, -0.2) is 27.2 Å². The summed E-state index contributed by atoms with van der Waals surface area (Å²) in [5.74, 6) is -1.28. The minimum Gasteiger partial charge on any atom is -0.481 e. The van der Waals surface area contributed by atoms with E-state index < -0.39 is 5.97 Å². The fraction of sp³-hybridized carbons (Fsp3) is 0.308. The first-order valence-corrected chi connectivity index (χ1v) is 6.00. The summed E-state index contributed by atoms with van der Waals surface area (Å²) in [6.45, 7) is 1.74. The molecule has 1 atom stereocenters. The van der Waals surface area contributed by atoms with E-state index in [0.29, 0.717) is 5.69 Å². The molecule has 100 valence electrons. The third kappa shape index (κ3) is 3.31. The Bertz CT molecular complexity index is 606. The van der Waals surface area contributed by atoms with Gasteiger partial charge < -0.3 is 10.4 Å². The highest BCUT2D eigenvalue weighted by Gasteiger charge is 2.13. The highest BCUT2D eigenvalue weighted by Crippen LogP contribution is 2.21. The van der Waals surface area contributed by atoms with E-state index in [9.17, 15) is 9.59 Å². The van der Waals surface area contributed by atoms with E-state index in [1.54, 1.807) is 19.2 Å². The molecule has 0 aliphatic heterocycles. The molecular weight excluding hydrogens is 246 g/mol. The molecule has 0 spiro atoms. The van der Waals surface area contributed by atoms with Gasteiger partial charge in [-0.1, -0.05) is 13.0 Å². The highest BCUT2D eigenvalue weighted by atomic mass is 16.4. The Labute approximate surface area is 109 Å². The number of hydrogen-bond acceptors (Lipinski definition) is 3. The summed E-state index contributed by atoms with van der Waals surface area (Å²) in [6, 6.07) is 5.47. The molecule has 0 fully saturated rings. The summed E-state index contributed by atoms with van der Waals surface area (Å²) in [5.41, 5.74) is 1.52. The summed E-state index contributed by atoms with van der Waals surface area (Å²) < 4.78 is 0. The van der Waals surface area contributed by atoms with Crippen molar-refractivity contribution in [1.82, 2.24) is 10.2 Å². The molecule has 0 bridgehead atoms. The third-order valence-corrected chi connectivity index (χ3v) is 2.82. The van der Waals surface area contributed by atoms with Crippen LogP contribution >= 0.6 is 0 Å². The van der Waals surface area contributed by atoms with E-state index in [1.165, 1.54) is 0 Å². The molecule has 1 heterocycles. The minimum absolute atomic E-state index is 0.0106. The Balaban J connectivity index is 2.03. The molecule has 1 unspecified atom stereocenters. The van der Waals surface area contributed by atoms with Gasteiger partial charge >= 0.3 is 5.97 Å². The number of carboxylic acid groups (broad SMARTS) is 1. The monoisotopic (exact) mass is 261 g/mol. The first-order chi connectivity index (χ1) is 9.06. The number of H-pyrrole nitrogens is 1. The van der Waals surface area contributed by atoms with Crippen molar-refractivity contribution in [2.75, 3.05) is 5.32 Å². The molecular formula is C13H15N3O3. The van der Waals surface area contributed by atoms with E-state index in [1.807, 2.05) is 12.1 Å². The molecule has 2 aromatic rings. The number of anilines is 1. The van der Waals surface area contributed by atoms with E-state index in [2.05, 4.69) is 15.5 Å². The molecule has 0 saturated carbocycles. The fourth-order valence-electron chi connectivity index (χ4n) is 1.97.